The highest BCUT2D eigenvalue weighted by Gasteiger charge is 2.16. The minimum Gasteiger partial charge on any atom is -0.388 e. The third-order valence-corrected chi connectivity index (χ3v) is 3.83. The number of halogens is 1. The number of aliphatic hydroxyl groups is 1. The van der Waals surface area contributed by atoms with Crippen molar-refractivity contribution in [3.05, 3.63) is 65.5 Å². The van der Waals surface area contributed by atoms with Gasteiger partial charge < -0.3 is 15.3 Å². The molecule has 0 aliphatic heterocycles. The van der Waals surface area contributed by atoms with Gasteiger partial charge in [-0.3, -0.25) is 4.79 Å². The van der Waals surface area contributed by atoms with Crippen molar-refractivity contribution in [1.29, 1.82) is 0 Å². The van der Waals surface area contributed by atoms with Crippen molar-refractivity contribution in [3.63, 3.8) is 0 Å². The van der Waals surface area contributed by atoms with E-state index in [0.717, 1.165) is 5.69 Å². The van der Waals surface area contributed by atoms with Crippen molar-refractivity contribution in [1.82, 2.24) is 5.32 Å². The Balaban J connectivity index is 1.96. The number of nitrogens with one attached hydrogen (secondary N) is 1. The lowest BCUT2D eigenvalue weighted by Crippen LogP contribution is -2.33. The minimum atomic E-state index is -0.756. The number of carbonyl (C=O) groups excluding carboxylic acids is 1. The van der Waals surface area contributed by atoms with Gasteiger partial charge in [0.1, 0.15) is 5.82 Å². The molecule has 2 rings (SSSR count). The molecule has 2 N–H and O–H groups in total. The van der Waals surface area contributed by atoms with E-state index in [1.807, 2.05) is 44.1 Å². The van der Waals surface area contributed by atoms with Gasteiger partial charge in [0.15, 0.2) is 0 Å². The Kier molecular flexibility index (Phi) is 5.93. The summed E-state index contributed by atoms with van der Waals surface area (Å²) in [7, 11) is 3.83. The van der Waals surface area contributed by atoms with Crippen LogP contribution in [0.4, 0.5) is 10.1 Å². The smallest absolute Gasteiger partial charge is 0.251 e. The Bertz CT molecular complexity index is 686. The lowest BCUT2D eigenvalue weighted by Gasteiger charge is -2.19. The zero-order valence-corrected chi connectivity index (χ0v) is 14.2. The lowest BCUT2D eigenvalue weighted by molar-refractivity contribution is 0.0917. The van der Waals surface area contributed by atoms with Crippen molar-refractivity contribution in [3.8, 4) is 0 Å². The lowest BCUT2D eigenvalue weighted by atomic mass is 10.0. The van der Waals surface area contributed by atoms with E-state index in [4.69, 9.17) is 0 Å². The zero-order chi connectivity index (χ0) is 17.7. The summed E-state index contributed by atoms with van der Waals surface area (Å²) < 4.78 is 12.9. The molecular formula is C19H23FN2O2. The van der Waals surface area contributed by atoms with Crippen molar-refractivity contribution in [2.45, 2.75) is 25.5 Å². The van der Waals surface area contributed by atoms with Crippen LogP contribution < -0.4 is 10.2 Å². The molecule has 0 saturated heterocycles. The van der Waals surface area contributed by atoms with Gasteiger partial charge in [-0.25, -0.2) is 4.39 Å². The topological polar surface area (TPSA) is 52.6 Å². The standard InChI is InChI=1S/C19H23FN2O2/c1-13(11-18(23)14-7-9-16(20)10-8-14)21-19(24)15-5-4-6-17(12-15)22(2)3/h4-10,12-13,18,23H,11H2,1-3H3,(H,21,24). The van der Waals surface area contributed by atoms with E-state index in [1.165, 1.54) is 12.1 Å². The first-order chi connectivity index (χ1) is 11.4. The monoisotopic (exact) mass is 330 g/mol. The fraction of sp³-hybridized carbons (Fsp3) is 0.316. The van der Waals surface area contributed by atoms with E-state index in [1.54, 1.807) is 18.2 Å². The number of nitrogens with zero attached hydrogens (tertiary/aromatic N) is 1. The molecule has 128 valence electrons. The number of anilines is 1. The highest BCUT2D eigenvalue weighted by atomic mass is 19.1. The van der Waals surface area contributed by atoms with Gasteiger partial charge in [-0.1, -0.05) is 18.2 Å². The van der Waals surface area contributed by atoms with Crippen LogP contribution in [-0.2, 0) is 0 Å². The molecular weight excluding hydrogens is 307 g/mol. The van der Waals surface area contributed by atoms with Crippen molar-refractivity contribution in [2.24, 2.45) is 0 Å². The van der Waals surface area contributed by atoms with Crippen molar-refractivity contribution in [2.75, 3.05) is 19.0 Å². The highest BCUT2D eigenvalue weighted by Crippen LogP contribution is 2.19. The van der Waals surface area contributed by atoms with Gasteiger partial charge in [0.2, 0.25) is 0 Å². The number of hydrogen-bond donors (Lipinski definition) is 2. The highest BCUT2D eigenvalue weighted by molar-refractivity contribution is 5.95. The quantitative estimate of drug-likeness (QED) is 0.855. The van der Waals surface area contributed by atoms with E-state index in [0.29, 0.717) is 17.5 Å². The molecule has 0 spiro atoms. The molecule has 0 heterocycles. The predicted octanol–water partition coefficient (Wildman–Crippen LogP) is 3.13. The number of carbonyl (C=O) groups is 1. The molecule has 0 bridgehead atoms. The van der Waals surface area contributed by atoms with Crippen LogP contribution in [0.1, 0.15) is 35.4 Å². The van der Waals surface area contributed by atoms with Crippen molar-refractivity contribution >= 4 is 11.6 Å². The van der Waals surface area contributed by atoms with Crippen LogP contribution in [-0.4, -0.2) is 31.2 Å². The van der Waals surface area contributed by atoms with E-state index in [-0.39, 0.29) is 17.8 Å². The van der Waals surface area contributed by atoms with Gasteiger partial charge in [0.05, 0.1) is 6.10 Å². The minimum absolute atomic E-state index is 0.183. The van der Waals surface area contributed by atoms with Crippen LogP contribution in [0.2, 0.25) is 0 Å². The van der Waals surface area contributed by atoms with Gasteiger partial charge in [-0.2, -0.15) is 0 Å². The zero-order valence-electron chi connectivity index (χ0n) is 14.2. The summed E-state index contributed by atoms with van der Waals surface area (Å²) >= 11 is 0. The molecule has 0 aliphatic carbocycles. The van der Waals surface area contributed by atoms with Gasteiger partial charge in [0.25, 0.3) is 5.91 Å². The largest absolute Gasteiger partial charge is 0.388 e. The second kappa shape index (κ2) is 7.93. The van der Waals surface area contributed by atoms with E-state index in [2.05, 4.69) is 5.32 Å². The normalized spacial score (nSPS) is 13.2. The first-order valence-corrected chi connectivity index (χ1v) is 7.88. The molecule has 4 nitrogen and oxygen atoms in total. The predicted molar refractivity (Wildman–Crippen MR) is 93.7 cm³/mol. The Hall–Kier alpha value is -2.40. The summed E-state index contributed by atoms with van der Waals surface area (Å²) in [4.78, 5) is 14.3. The maximum Gasteiger partial charge on any atom is 0.251 e. The first kappa shape index (κ1) is 17.9. The molecule has 0 aromatic heterocycles. The number of amides is 1. The van der Waals surface area contributed by atoms with E-state index in [9.17, 15) is 14.3 Å². The summed E-state index contributed by atoms with van der Waals surface area (Å²) in [5, 5.41) is 13.1. The number of hydrogen-bond acceptors (Lipinski definition) is 3. The number of aliphatic hydroxyl groups excluding tert-OH is 1. The SMILES string of the molecule is CC(CC(O)c1ccc(F)cc1)NC(=O)c1cccc(N(C)C)c1. The van der Waals surface area contributed by atoms with Gasteiger partial charge in [-0.05, 0) is 49.2 Å². The number of benzene rings is 2. The third-order valence-electron chi connectivity index (χ3n) is 3.83. The molecule has 0 radical (unpaired) electrons. The molecule has 2 aromatic carbocycles. The maximum atomic E-state index is 12.9. The van der Waals surface area contributed by atoms with Crippen LogP contribution in [0.5, 0.6) is 0 Å². The summed E-state index contributed by atoms with van der Waals surface area (Å²) in [6, 6.07) is 12.8. The summed E-state index contributed by atoms with van der Waals surface area (Å²) in [6.07, 6.45) is -0.404. The molecule has 0 saturated carbocycles. The second-order valence-electron chi connectivity index (χ2n) is 6.12. The van der Waals surface area contributed by atoms with Crippen LogP contribution >= 0.6 is 0 Å². The average Bonchev–Trinajstić information content (AvgIpc) is 2.55. The van der Waals surface area contributed by atoms with Crippen LogP contribution in [0.25, 0.3) is 0 Å². The van der Waals surface area contributed by atoms with Crippen LogP contribution in [0, 0.1) is 5.82 Å². The molecule has 2 atom stereocenters. The first-order valence-electron chi connectivity index (χ1n) is 7.88. The van der Waals surface area contributed by atoms with E-state index < -0.39 is 6.10 Å². The van der Waals surface area contributed by atoms with Crippen molar-refractivity contribution < 1.29 is 14.3 Å². The summed E-state index contributed by atoms with van der Waals surface area (Å²) in [5.74, 6) is -0.523. The van der Waals surface area contributed by atoms with Gasteiger partial charge in [0, 0.05) is 31.4 Å². The fourth-order valence-corrected chi connectivity index (χ4v) is 2.45. The average molecular weight is 330 g/mol. The van der Waals surface area contributed by atoms with Crippen LogP contribution in [0.15, 0.2) is 48.5 Å². The summed E-state index contributed by atoms with van der Waals surface area (Å²) in [6.45, 7) is 1.83. The van der Waals surface area contributed by atoms with Gasteiger partial charge in [-0.15, -0.1) is 0 Å². The van der Waals surface area contributed by atoms with E-state index >= 15 is 0 Å². The van der Waals surface area contributed by atoms with Gasteiger partial charge >= 0.3 is 0 Å². The fourth-order valence-electron chi connectivity index (χ4n) is 2.45. The molecule has 0 fully saturated rings. The third kappa shape index (κ3) is 4.80. The molecule has 2 unspecified atom stereocenters. The Labute approximate surface area is 141 Å². The number of rotatable bonds is 6. The molecule has 24 heavy (non-hydrogen) atoms. The molecule has 0 aliphatic rings. The van der Waals surface area contributed by atoms with Crippen LogP contribution in [0.3, 0.4) is 0 Å². The summed E-state index contributed by atoms with van der Waals surface area (Å²) in [5.41, 5.74) is 2.15. The maximum absolute atomic E-state index is 12.9. The Morgan fingerprint density at radius 3 is 2.50 bits per heavy atom. The molecule has 1 amide bonds. The molecule has 2 aromatic rings. The second-order valence-corrected chi connectivity index (χ2v) is 6.12. The molecule has 5 heteroatoms. The Morgan fingerprint density at radius 2 is 1.88 bits per heavy atom. The Morgan fingerprint density at radius 1 is 1.21 bits per heavy atom.